The predicted octanol–water partition coefficient (Wildman–Crippen LogP) is 3.32. The monoisotopic (exact) mass is 311 g/mol. The van der Waals surface area contributed by atoms with Crippen molar-refractivity contribution in [1.29, 1.82) is 0 Å². The van der Waals surface area contributed by atoms with E-state index in [0.29, 0.717) is 15.8 Å². The van der Waals surface area contributed by atoms with E-state index >= 15 is 0 Å². The summed E-state index contributed by atoms with van der Waals surface area (Å²) < 4.78 is 5.40. The Hall–Kier alpha value is -2.15. The van der Waals surface area contributed by atoms with Gasteiger partial charge in [0.25, 0.3) is 5.69 Å². The number of carboxylic acids is 1. The van der Waals surface area contributed by atoms with Crippen LogP contribution < -0.4 is 0 Å². The third kappa shape index (κ3) is 2.25. The zero-order chi connectivity index (χ0) is 13.3. The fourth-order valence-corrected chi connectivity index (χ4v) is 1.94. The van der Waals surface area contributed by atoms with Crippen LogP contribution in [0, 0.1) is 10.1 Å². The molecular weight excluding hydrogens is 306 g/mol. The number of carboxylic acid groups (broad SMARTS) is 1. The Kier molecular flexibility index (Phi) is 3.15. The highest BCUT2D eigenvalue weighted by Crippen LogP contribution is 2.31. The summed E-state index contributed by atoms with van der Waals surface area (Å²) in [5.41, 5.74) is 0.490. The largest absolute Gasteiger partial charge is 0.475 e. The fraction of sp³-hybridized carbons (Fsp3) is 0. The molecule has 0 aliphatic carbocycles. The molecule has 7 heteroatoms. The van der Waals surface area contributed by atoms with Gasteiger partial charge in [0.2, 0.25) is 5.76 Å². The molecule has 0 aliphatic heterocycles. The molecule has 0 radical (unpaired) electrons. The molecular formula is C11H6BrNO5. The molecule has 18 heavy (non-hydrogen) atoms. The number of aromatic carboxylic acids is 1. The summed E-state index contributed by atoms with van der Waals surface area (Å²) in [4.78, 5) is 20.8. The number of halogens is 1. The van der Waals surface area contributed by atoms with Gasteiger partial charge in [-0.1, -0.05) is 0 Å². The molecule has 1 aromatic carbocycles. The molecule has 0 unspecified atom stereocenters. The number of furan rings is 1. The zero-order valence-electron chi connectivity index (χ0n) is 8.79. The van der Waals surface area contributed by atoms with Crippen molar-refractivity contribution < 1.29 is 19.2 Å². The number of carbonyl (C=O) groups is 1. The smallest absolute Gasteiger partial charge is 0.371 e. The van der Waals surface area contributed by atoms with E-state index in [-0.39, 0.29) is 11.4 Å². The Morgan fingerprint density at radius 2 is 2.06 bits per heavy atom. The molecule has 6 nitrogen and oxygen atoms in total. The maximum atomic E-state index is 10.7. The Morgan fingerprint density at radius 3 is 2.56 bits per heavy atom. The van der Waals surface area contributed by atoms with Crippen LogP contribution in [0.1, 0.15) is 10.6 Å². The van der Waals surface area contributed by atoms with Crippen LogP contribution in [0.3, 0.4) is 0 Å². The number of rotatable bonds is 3. The van der Waals surface area contributed by atoms with E-state index in [1.54, 1.807) is 0 Å². The topological polar surface area (TPSA) is 93.6 Å². The van der Waals surface area contributed by atoms with Gasteiger partial charge < -0.3 is 9.52 Å². The lowest BCUT2D eigenvalue weighted by Crippen LogP contribution is -1.91. The van der Waals surface area contributed by atoms with Gasteiger partial charge in [0.1, 0.15) is 5.76 Å². The van der Waals surface area contributed by atoms with Gasteiger partial charge in [0.15, 0.2) is 0 Å². The first kappa shape index (κ1) is 12.3. The van der Waals surface area contributed by atoms with Crippen LogP contribution in [0.5, 0.6) is 0 Å². The number of hydrogen-bond donors (Lipinski definition) is 1. The second-order valence-electron chi connectivity index (χ2n) is 3.39. The lowest BCUT2D eigenvalue weighted by atomic mass is 10.1. The normalized spacial score (nSPS) is 10.3. The minimum atomic E-state index is -1.16. The van der Waals surface area contributed by atoms with Crippen LogP contribution in [-0.4, -0.2) is 16.0 Å². The molecule has 1 aromatic heterocycles. The molecule has 0 amide bonds. The third-order valence-corrected chi connectivity index (χ3v) is 2.88. The highest BCUT2D eigenvalue weighted by molar-refractivity contribution is 9.10. The average molecular weight is 312 g/mol. The first-order valence-corrected chi connectivity index (χ1v) is 5.56. The molecule has 0 bridgehead atoms. The van der Waals surface area contributed by atoms with Gasteiger partial charge in [-0.25, -0.2) is 4.79 Å². The van der Waals surface area contributed by atoms with Crippen LogP contribution >= 0.6 is 15.9 Å². The van der Waals surface area contributed by atoms with Crippen LogP contribution in [0.15, 0.2) is 39.2 Å². The highest BCUT2D eigenvalue weighted by Gasteiger charge is 2.15. The van der Waals surface area contributed by atoms with Crippen molar-refractivity contribution in [3.8, 4) is 11.3 Å². The molecule has 1 N–H and O–H groups in total. The Morgan fingerprint density at radius 1 is 1.33 bits per heavy atom. The van der Waals surface area contributed by atoms with Crippen molar-refractivity contribution in [3.05, 3.63) is 50.7 Å². The average Bonchev–Trinajstić information content (AvgIpc) is 2.77. The molecule has 0 saturated carbocycles. The van der Waals surface area contributed by atoms with Crippen molar-refractivity contribution in [2.75, 3.05) is 0 Å². The highest BCUT2D eigenvalue weighted by atomic mass is 79.9. The molecule has 1 heterocycles. The number of benzene rings is 1. The summed E-state index contributed by atoms with van der Waals surface area (Å²) in [6, 6.07) is 7.14. The van der Waals surface area contributed by atoms with Gasteiger partial charge in [-0.15, -0.1) is 0 Å². The first-order valence-electron chi connectivity index (χ1n) is 4.76. The van der Waals surface area contributed by atoms with E-state index in [9.17, 15) is 14.9 Å². The molecule has 0 aliphatic rings. The van der Waals surface area contributed by atoms with Crippen molar-refractivity contribution in [1.82, 2.24) is 0 Å². The van der Waals surface area contributed by atoms with Crippen LogP contribution in [0.25, 0.3) is 11.3 Å². The quantitative estimate of drug-likeness (QED) is 0.693. The standard InChI is InChI=1S/C11H6BrNO5/c12-7-5-6(1-2-8(7)13(16)17)9-3-4-10(18-9)11(14)15/h1-5H,(H,14,15). The molecule has 0 saturated heterocycles. The maximum absolute atomic E-state index is 10.7. The van der Waals surface area contributed by atoms with Gasteiger partial charge >= 0.3 is 5.97 Å². The maximum Gasteiger partial charge on any atom is 0.371 e. The van der Waals surface area contributed by atoms with E-state index in [1.807, 2.05) is 0 Å². The lowest BCUT2D eigenvalue weighted by molar-refractivity contribution is -0.385. The van der Waals surface area contributed by atoms with Gasteiger partial charge in [0, 0.05) is 11.6 Å². The van der Waals surface area contributed by atoms with Crippen LogP contribution in [0.4, 0.5) is 5.69 Å². The number of hydrogen-bond acceptors (Lipinski definition) is 4. The summed E-state index contributed by atoms with van der Waals surface area (Å²) >= 11 is 3.08. The fourth-order valence-electron chi connectivity index (χ4n) is 1.42. The third-order valence-electron chi connectivity index (χ3n) is 2.25. The van der Waals surface area contributed by atoms with Gasteiger partial charge in [-0.3, -0.25) is 10.1 Å². The summed E-state index contributed by atoms with van der Waals surface area (Å²) in [6.07, 6.45) is 0. The second-order valence-corrected chi connectivity index (χ2v) is 4.25. The molecule has 2 aromatic rings. The second kappa shape index (κ2) is 4.61. The SMILES string of the molecule is O=C(O)c1ccc(-c2ccc([N+](=O)[O-])c(Br)c2)o1. The van der Waals surface area contributed by atoms with Crippen molar-refractivity contribution in [2.24, 2.45) is 0 Å². The van der Waals surface area contributed by atoms with E-state index in [1.165, 1.54) is 30.3 Å². The molecule has 2 rings (SSSR count). The lowest BCUT2D eigenvalue weighted by Gasteiger charge is -1.99. The van der Waals surface area contributed by atoms with Gasteiger partial charge in [-0.2, -0.15) is 0 Å². The van der Waals surface area contributed by atoms with Crippen LogP contribution in [0.2, 0.25) is 0 Å². The summed E-state index contributed by atoms with van der Waals surface area (Å²) in [5.74, 6) is -1.01. The summed E-state index contributed by atoms with van der Waals surface area (Å²) in [7, 11) is 0. The van der Waals surface area contributed by atoms with E-state index in [4.69, 9.17) is 9.52 Å². The van der Waals surface area contributed by atoms with E-state index < -0.39 is 10.9 Å². The summed E-state index contributed by atoms with van der Waals surface area (Å²) in [5, 5.41) is 19.4. The molecule has 0 spiro atoms. The van der Waals surface area contributed by atoms with Crippen molar-refractivity contribution in [3.63, 3.8) is 0 Å². The van der Waals surface area contributed by atoms with Crippen molar-refractivity contribution >= 4 is 27.6 Å². The first-order chi connectivity index (χ1) is 8.49. The molecule has 92 valence electrons. The Bertz CT molecular complexity index is 634. The Balaban J connectivity index is 2.42. The Labute approximate surface area is 109 Å². The van der Waals surface area contributed by atoms with E-state index in [2.05, 4.69) is 15.9 Å². The minimum Gasteiger partial charge on any atom is -0.475 e. The molecule has 0 fully saturated rings. The number of nitro benzene ring substituents is 1. The number of nitrogens with zero attached hydrogens (tertiary/aromatic N) is 1. The number of nitro groups is 1. The molecule has 0 atom stereocenters. The van der Waals surface area contributed by atoms with E-state index in [0.717, 1.165) is 0 Å². The minimum absolute atomic E-state index is 0.0660. The zero-order valence-corrected chi connectivity index (χ0v) is 10.4. The van der Waals surface area contributed by atoms with Crippen molar-refractivity contribution in [2.45, 2.75) is 0 Å². The predicted molar refractivity (Wildman–Crippen MR) is 65.5 cm³/mol. The van der Waals surface area contributed by atoms with Gasteiger partial charge in [-0.05, 0) is 40.2 Å². The summed E-state index contributed by atoms with van der Waals surface area (Å²) in [6.45, 7) is 0. The van der Waals surface area contributed by atoms with Crippen LogP contribution in [-0.2, 0) is 0 Å². The van der Waals surface area contributed by atoms with Gasteiger partial charge in [0.05, 0.1) is 9.40 Å².